The first-order valence-electron chi connectivity index (χ1n) is 9.09. The fourth-order valence-corrected chi connectivity index (χ4v) is 2.69. The maximum Gasteiger partial charge on any atom is 0.416 e. The minimum absolute atomic E-state index is 0.00972. The highest BCUT2D eigenvalue weighted by Gasteiger charge is 2.30. The molecule has 3 rings (SSSR count). The van der Waals surface area contributed by atoms with E-state index in [4.69, 9.17) is 4.74 Å². The summed E-state index contributed by atoms with van der Waals surface area (Å²) in [5, 5.41) is 2.74. The van der Waals surface area contributed by atoms with Crippen LogP contribution in [0.3, 0.4) is 0 Å². The molecule has 10 heteroatoms. The number of alkyl halides is 3. The summed E-state index contributed by atoms with van der Waals surface area (Å²) in [6.45, 7) is 1.47. The molecular weight excluding hydrogens is 421 g/mol. The molecule has 31 heavy (non-hydrogen) atoms. The van der Waals surface area contributed by atoms with Crippen LogP contribution in [-0.2, 0) is 17.5 Å². The molecule has 0 bridgehead atoms. The zero-order valence-corrected chi connectivity index (χ0v) is 16.1. The predicted octanol–water partition coefficient (Wildman–Crippen LogP) is 5.23. The van der Waals surface area contributed by atoms with Crippen molar-refractivity contribution in [2.75, 3.05) is 11.9 Å². The smallest absolute Gasteiger partial charge is 0.416 e. The molecule has 0 saturated heterocycles. The van der Waals surface area contributed by atoms with E-state index in [9.17, 15) is 26.7 Å². The van der Waals surface area contributed by atoms with E-state index in [1.807, 2.05) is 0 Å². The van der Waals surface area contributed by atoms with Crippen molar-refractivity contribution in [3.63, 3.8) is 0 Å². The monoisotopic (exact) mass is 437 g/mol. The number of anilines is 1. The number of aromatic nitrogens is 2. The maximum atomic E-state index is 13.9. The van der Waals surface area contributed by atoms with Crippen LogP contribution in [0.25, 0.3) is 11.4 Å². The molecule has 0 aliphatic carbocycles. The predicted molar refractivity (Wildman–Crippen MR) is 102 cm³/mol. The Morgan fingerprint density at radius 1 is 1.10 bits per heavy atom. The van der Waals surface area contributed by atoms with Gasteiger partial charge in [-0.15, -0.1) is 0 Å². The number of esters is 1. The lowest BCUT2D eigenvalue weighted by molar-refractivity contribution is -0.137. The van der Waals surface area contributed by atoms with E-state index in [1.54, 1.807) is 6.92 Å². The van der Waals surface area contributed by atoms with Crippen LogP contribution in [0.1, 0.15) is 28.4 Å². The van der Waals surface area contributed by atoms with Crippen molar-refractivity contribution in [1.29, 1.82) is 0 Å². The Kier molecular flexibility index (Phi) is 6.47. The van der Waals surface area contributed by atoms with Gasteiger partial charge in [-0.3, -0.25) is 0 Å². The van der Waals surface area contributed by atoms with Crippen molar-refractivity contribution in [2.45, 2.75) is 19.6 Å². The Balaban J connectivity index is 1.94. The van der Waals surface area contributed by atoms with Crippen molar-refractivity contribution in [1.82, 2.24) is 9.97 Å². The average molecular weight is 437 g/mol. The van der Waals surface area contributed by atoms with Crippen LogP contribution in [-0.4, -0.2) is 22.5 Å². The normalized spacial score (nSPS) is 11.3. The number of carbonyl (C=O) groups is 1. The molecule has 1 aromatic heterocycles. The van der Waals surface area contributed by atoms with E-state index < -0.39 is 29.3 Å². The Labute approximate surface area is 173 Å². The number of hydrogen-bond acceptors (Lipinski definition) is 5. The highest BCUT2D eigenvalue weighted by Crippen LogP contribution is 2.30. The molecule has 2 aromatic carbocycles. The Bertz CT molecular complexity index is 1090. The van der Waals surface area contributed by atoms with Crippen LogP contribution in [0.4, 0.5) is 27.8 Å². The summed E-state index contributed by atoms with van der Waals surface area (Å²) in [5.41, 5.74) is -0.637. The van der Waals surface area contributed by atoms with Crippen LogP contribution in [0.15, 0.2) is 48.7 Å². The molecule has 0 amide bonds. The molecule has 3 aromatic rings. The number of nitrogens with one attached hydrogen (secondary N) is 1. The van der Waals surface area contributed by atoms with Crippen LogP contribution in [0, 0.1) is 11.6 Å². The van der Waals surface area contributed by atoms with Crippen molar-refractivity contribution in [3.8, 4) is 11.4 Å². The number of rotatable bonds is 6. The van der Waals surface area contributed by atoms with E-state index in [2.05, 4.69) is 15.3 Å². The Morgan fingerprint density at radius 2 is 1.81 bits per heavy atom. The summed E-state index contributed by atoms with van der Waals surface area (Å²) in [7, 11) is 0. The lowest BCUT2D eigenvalue weighted by atomic mass is 10.1. The Hall–Kier alpha value is -3.56. The van der Waals surface area contributed by atoms with Crippen LogP contribution in [0.5, 0.6) is 0 Å². The summed E-state index contributed by atoms with van der Waals surface area (Å²) in [6.07, 6.45) is -3.34. The second-order valence-corrected chi connectivity index (χ2v) is 6.32. The topological polar surface area (TPSA) is 64.1 Å². The van der Waals surface area contributed by atoms with E-state index in [1.165, 1.54) is 24.3 Å². The fraction of sp³-hybridized carbons (Fsp3) is 0.190. The molecule has 0 radical (unpaired) electrons. The number of carbonyl (C=O) groups excluding carboxylic acids is 1. The van der Waals surface area contributed by atoms with Gasteiger partial charge in [0.25, 0.3) is 0 Å². The standard InChI is InChI=1S/C21H16F5N3O2/c1-2-31-20(30)15-11-28-18(12-6-8-14(9-7-12)21(24,25)26)29-19(15)27-10-13-4-3-5-16(22)17(13)23/h3-9,11H,2,10H2,1H3,(H,27,28,29). The maximum absolute atomic E-state index is 13.9. The van der Waals surface area contributed by atoms with E-state index in [-0.39, 0.29) is 41.5 Å². The highest BCUT2D eigenvalue weighted by molar-refractivity contribution is 5.94. The summed E-state index contributed by atoms with van der Waals surface area (Å²) in [4.78, 5) is 20.4. The first-order chi connectivity index (χ1) is 14.7. The molecule has 0 spiro atoms. The van der Waals surface area contributed by atoms with Gasteiger partial charge in [0.15, 0.2) is 17.5 Å². The lowest BCUT2D eigenvalue weighted by Gasteiger charge is -2.13. The van der Waals surface area contributed by atoms with Crippen LogP contribution < -0.4 is 5.32 Å². The average Bonchev–Trinajstić information content (AvgIpc) is 2.74. The first kappa shape index (κ1) is 22.1. The summed E-state index contributed by atoms with van der Waals surface area (Å²) < 4.78 is 70.6. The quantitative estimate of drug-likeness (QED) is 0.423. The van der Waals surface area contributed by atoms with Gasteiger partial charge >= 0.3 is 12.1 Å². The van der Waals surface area contributed by atoms with Gasteiger partial charge in [-0.2, -0.15) is 13.2 Å². The summed E-state index contributed by atoms with van der Waals surface area (Å²) >= 11 is 0. The molecule has 0 fully saturated rings. The van der Waals surface area contributed by atoms with Gasteiger partial charge in [0.2, 0.25) is 0 Å². The largest absolute Gasteiger partial charge is 0.462 e. The molecule has 0 saturated carbocycles. The Morgan fingerprint density at radius 3 is 2.45 bits per heavy atom. The van der Waals surface area contributed by atoms with Gasteiger partial charge in [0, 0.05) is 23.9 Å². The molecule has 1 N–H and O–H groups in total. The van der Waals surface area contributed by atoms with E-state index in [0.717, 1.165) is 24.4 Å². The van der Waals surface area contributed by atoms with Crippen LogP contribution >= 0.6 is 0 Å². The van der Waals surface area contributed by atoms with E-state index in [0.29, 0.717) is 0 Å². The minimum Gasteiger partial charge on any atom is -0.462 e. The molecule has 0 aliphatic heterocycles. The third-order valence-electron chi connectivity index (χ3n) is 4.23. The number of halogens is 5. The SMILES string of the molecule is CCOC(=O)c1cnc(-c2ccc(C(F)(F)F)cc2)nc1NCc1cccc(F)c1F. The minimum atomic E-state index is -4.49. The number of ether oxygens (including phenoxy) is 1. The number of hydrogen-bond donors (Lipinski definition) is 1. The van der Waals surface area contributed by atoms with Gasteiger partial charge in [-0.05, 0) is 25.1 Å². The van der Waals surface area contributed by atoms with Gasteiger partial charge in [0.05, 0.1) is 12.2 Å². The van der Waals surface area contributed by atoms with Crippen molar-refractivity contribution >= 4 is 11.8 Å². The van der Waals surface area contributed by atoms with Crippen molar-refractivity contribution < 1.29 is 31.5 Å². The van der Waals surface area contributed by atoms with Gasteiger partial charge in [-0.1, -0.05) is 24.3 Å². The van der Waals surface area contributed by atoms with Crippen molar-refractivity contribution in [2.24, 2.45) is 0 Å². The van der Waals surface area contributed by atoms with Crippen molar-refractivity contribution in [3.05, 3.63) is 77.0 Å². The first-order valence-corrected chi connectivity index (χ1v) is 9.09. The summed E-state index contributed by atoms with van der Waals surface area (Å²) in [6, 6.07) is 7.80. The highest BCUT2D eigenvalue weighted by atomic mass is 19.4. The fourth-order valence-electron chi connectivity index (χ4n) is 2.69. The van der Waals surface area contributed by atoms with Gasteiger partial charge in [0.1, 0.15) is 11.4 Å². The summed E-state index contributed by atoms with van der Waals surface area (Å²) in [5.74, 6) is -2.83. The molecular formula is C21H16F5N3O2. The van der Waals surface area contributed by atoms with Gasteiger partial charge < -0.3 is 10.1 Å². The third-order valence-corrected chi connectivity index (χ3v) is 4.23. The molecule has 162 valence electrons. The van der Waals surface area contributed by atoms with Crippen LogP contribution in [0.2, 0.25) is 0 Å². The molecule has 1 heterocycles. The van der Waals surface area contributed by atoms with Gasteiger partial charge in [-0.25, -0.2) is 23.5 Å². The molecule has 0 atom stereocenters. The molecule has 0 unspecified atom stereocenters. The zero-order chi connectivity index (χ0) is 22.6. The lowest BCUT2D eigenvalue weighted by Crippen LogP contribution is -2.13. The molecule has 0 aliphatic rings. The number of benzene rings is 2. The third kappa shape index (κ3) is 5.14. The second kappa shape index (κ2) is 9.07. The zero-order valence-electron chi connectivity index (χ0n) is 16.1. The molecule has 5 nitrogen and oxygen atoms in total. The number of nitrogens with zero attached hydrogens (tertiary/aromatic N) is 2. The second-order valence-electron chi connectivity index (χ2n) is 6.32. The van der Waals surface area contributed by atoms with E-state index >= 15 is 0 Å².